The van der Waals surface area contributed by atoms with Crippen LogP contribution in [0.25, 0.3) is 0 Å². The summed E-state index contributed by atoms with van der Waals surface area (Å²) in [6.45, 7) is 4.05. The number of carbonyl (C=O) groups is 1. The van der Waals surface area contributed by atoms with Gasteiger partial charge in [-0.05, 0) is 20.3 Å². The SMILES string of the molecule is CC(C)N(CCCO)c1c(Cl)cc([N+](=O)[O-])cc1C(=O)O. The lowest BCUT2D eigenvalue weighted by Gasteiger charge is -2.30. The molecule has 1 aromatic carbocycles. The molecular formula is C13H17ClN2O5. The van der Waals surface area contributed by atoms with Crippen LogP contribution in [0, 0.1) is 10.1 Å². The lowest BCUT2D eigenvalue weighted by molar-refractivity contribution is -0.384. The van der Waals surface area contributed by atoms with Gasteiger partial charge in [-0.15, -0.1) is 0 Å². The number of halogens is 1. The highest BCUT2D eigenvalue weighted by Gasteiger charge is 2.25. The second-order valence-corrected chi connectivity index (χ2v) is 5.16. The van der Waals surface area contributed by atoms with Gasteiger partial charge < -0.3 is 15.1 Å². The van der Waals surface area contributed by atoms with Gasteiger partial charge in [0.15, 0.2) is 0 Å². The Kier molecular flexibility index (Phi) is 5.92. The number of hydrogen-bond donors (Lipinski definition) is 2. The van der Waals surface area contributed by atoms with Gasteiger partial charge in [-0.25, -0.2) is 4.79 Å². The molecule has 0 unspecified atom stereocenters. The average Bonchev–Trinajstić information content (AvgIpc) is 2.39. The van der Waals surface area contributed by atoms with Crippen molar-refractivity contribution in [1.29, 1.82) is 0 Å². The first-order valence-electron chi connectivity index (χ1n) is 6.38. The van der Waals surface area contributed by atoms with Crippen molar-refractivity contribution >= 4 is 28.9 Å². The first-order valence-corrected chi connectivity index (χ1v) is 6.76. The molecule has 0 aromatic heterocycles. The molecule has 0 aliphatic carbocycles. The van der Waals surface area contributed by atoms with Crippen LogP contribution in [0.2, 0.25) is 5.02 Å². The van der Waals surface area contributed by atoms with E-state index in [1.165, 1.54) is 0 Å². The van der Waals surface area contributed by atoms with Crippen molar-refractivity contribution in [2.24, 2.45) is 0 Å². The molecule has 0 radical (unpaired) electrons. The maximum absolute atomic E-state index is 11.4. The van der Waals surface area contributed by atoms with Gasteiger partial charge in [-0.1, -0.05) is 11.6 Å². The zero-order valence-corrected chi connectivity index (χ0v) is 12.5. The molecule has 1 aromatic rings. The van der Waals surface area contributed by atoms with Crippen LogP contribution < -0.4 is 4.90 Å². The molecule has 1 rings (SSSR count). The highest BCUT2D eigenvalue weighted by molar-refractivity contribution is 6.34. The van der Waals surface area contributed by atoms with E-state index in [2.05, 4.69) is 0 Å². The Labute approximate surface area is 126 Å². The minimum Gasteiger partial charge on any atom is -0.478 e. The molecule has 0 aliphatic heterocycles. The third-order valence-corrected chi connectivity index (χ3v) is 3.25. The van der Waals surface area contributed by atoms with Crippen molar-refractivity contribution in [3.8, 4) is 0 Å². The van der Waals surface area contributed by atoms with Gasteiger partial charge in [-0.2, -0.15) is 0 Å². The second-order valence-electron chi connectivity index (χ2n) is 4.75. The van der Waals surface area contributed by atoms with Crippen molar-refractivity contribution in [1.82, 2.24) is 0 Å². The normalized spacial score (nSPS) is 10.7. The Balaban J connectivity index is 3.44. The van der Waals surface area contributed by atoms with Crippen molar-refractivity contribution in [3.05, 3.63) is 32.8 Å². The third-order valence-electron chi connectivity index (χ3n) is 2.96. The first kappa shape index (κ1) is 17.2. The van der Waals surface area contributed by atoms with Gasteiger partial charge in [0.25, 0.3) is 5.69 Å². The number of nitro benzene ring substituents is 1. The van der Waals surface area contributed by atoms with Crippen LogP contribution in [0.4, 0.5) is 11.4 Å². The Morgan fingerprint density at radius 2 is 2.10 bits per heavy atom. The van der Waals surface area contributed by atoms with Crippen molar-refractivity contribution in [2.45, 2.75) is 26.3 Å². The third kappa shape index (κ3) is 4.05. The number of hydrogen-bond acceptors (Lipinski definition) is 5. The maximum Gasteiger partial charge on any atom is 0.338 e. The van der Waals surface area contributed by atoms with E-state index in [0.717, 1.165) is 12.1 Å². The number of aromatic carboxylic acids is 1. The number of anilines is 1. The topological polar surface area (TPSA) is 104 Å². The van der Waals surface area contributed by atoms with Crippen LogP contribution in [0.3, 0.4) is 0 Å². The fraction of sp³-hybridized carbons (Fsp3) is 0.462. The van der Waals surface area contributed by atoms with Crippen LogP contribution in [-0.2, 0) is 0 Å². The van der Waals surface area contributed by atoms with E-state index >= 15 is 0 Å². The fourth-order valence-corrected chi connectivity index (χ4v) is 2.34. The van der Waals surface area contributed by atoms with Gasteiger partial charge in [0.05, 0.1) is 21.2 Å². The summed E-state index contributed by atoms with van der Waals surface area (Å²) in [7, 11) is 0. The predicted octanol–water partition coefficient (Wildman–Crippen LogP) is 2.54. The number of nitrogens with zero attached hydrogens (tertiary/aromatic N) is 2. The van der Waals surface area contributed by atoms with Gasteiger partial charge in [0.2, 0.25) is 0 Å². The maximum atomic E-state index is 11.4. The van der Waals surface area contributed by atoms with Crippen molar-refractivity contribution in [3.63, 3.8) is 0 Å². The zero-order valence-electron chi connectivity index (χ0n) is 11.7. The molecule has 0 aliphatic rings. The van der Waals surface area contributed by atoms with Crippen molar-refractivity contribution in [2.75, 3.05) is 18.1 Å². The molecule has 0 spiro atoms. The molecule has 0 saturated carbocycles. The molecule has 0 heterocycles. The largest absolute Gasteiger partial charge is 0.478 e. The van der Waals surface area contributed by atoms with E-state index in [1.807, 2.05) is 13.8 Å². The summed E-state index contributed by atoms with van der Waals surface area (Å²) in [6.07, 6.45) is 0.435. The Morgan fingerprint density at radius 3 is 2.52 bits per heavy atom. The molecule has 0 saturated heterocycles. The number of nitro groups is 1. The number of benzene rings is 1. The molecule has 0 atom stereocenters. The summed E-state index contributed by atoms with van der Waals surface area (Å²) in [6, 6.07) is 2.06. The van der Waals surface area contributed by atoms with E-state index < -0.39 is 10.9 Å². The lowest BCUT2D eigenvalue weighted by Crippen LogP contribution is -2.33. The number of non-ortho nitro benzene ring substituents is 1. The zero-order chi connectivity index (χ0) is 16.2. The minimum atomic E-state index is -1.29. The summed E-state index contributed by atoms with van der Waals surface area (Å²) in [4.78, 5) is 23.2. The molecular weight excluding hydrogens is 300 g/mol. The van der Waals surface area contributed by atoms with Crippen LogP contribution in [0.5, 0.6) is 0 Å². The van der Waals surface area contributed by atoms with Crippen LogP contribution >= 0.6 is 11.6 Å². The standard InChI is InChI=1S/C13H17ClN2O5/c1-8(2)15(4-3-5-17)12-10(13(18)19)6-9(16(20)21)7-11(12)14/h6-8,17H,3-5H2,1-2H3,(H,18,19). The predicted molar refractivity (Wildman–Crippen MR) is 79.3 cm³/mol. The molecule has 0 fully saturated rings. The summed E-state index contributed by atoms with van der Waals surface area (Å²) in [5.74, 6) is -1.29. The number of aliphatic hydroxyl groups is 1. The Hall–Kier alpha value is -1.86. The van der Waals surface area contributed by atoms with Gasteiger partial charge in [-0.3, -0.25) is 10.1 Å². The number of carboxylic acids is 1. The number of carboxylic acid groups (broad SMARTS) is 1. The van der Waals surface area contributed by atoms with Crippen LogP contribution in [-0.4, -0.2) is 40.3 Å². The monoisotopic (exact) mass is 316 g/mol. The van der Waals surface area contributed by atoms with E-state index in [0.29, 0.717) is 13.0 Å². The number of aliphatic hydroxyl groups excluding tert-OH is 1. The summed E-state index contributed by atoms with van der Waals surface area (Å²) >= 11 is 6.07. The molecule has 8 heteroatoms. The fourth-order valence-electron chi connectivity index (χ4n) is 2.01. The lowest BCUT2D eigenvalue weighted by atomic mass is 10.1. The number of rotatable bonds is 7. The summed E-state index contributed by atoms with van der Waals surface area (Å²) in [5.41, 5.74) is -0.355. The minimum absolute atomic E-state index is 0.00763. The van der Waals surface area contributed by atoms with E-state index in [1.54, 1.807) is 4.90 Å². The van der Waals surface area contributed by atoms with E-state index in [9.17, 15) is 20.0 Å². The summed E-state index contributed by atoms with van der Waals surface area (Å²) in [5, 5.41) is 29.1. The molecule has 0 bridgehead atoms. The van der Waals surface area contributed by atoms with Crippen LogP contribution in [0.15, 0.2) is 12.1 Å². The van der Waals surface area contributed by atoms with E-state index in [-0.39, 0.29) is 34.6 Å². The Bertz CT molecular complexity index is 548. The van der Waals surface area contributed by atoms with Gasteiger partial charge in [0, 0.05) is 31.3 Å². The molecule has 0 amide bonds. The van der Waals surface area contributed by atoms with Gasteiger partial charge in [0.1, 0.15) is 0 Å². The molecule has 116 valence electrons. The van der Waals surface area contributed by atoms with E-state index in [4.69, 9.17) is 16.7 Å². The smallest absolute Gasteiger partial charge is 0.338 e. The van der Waals surface area contributed by atoms with Gasteiger partial charge >= 0.3 is 5.97 Å². The Morgan fingerprint density at radius 1 is 1.48 bits per heavy atom. The van der Waals surface area contributed by atoms with Crippen molar-refractivity contribution < 1.29 is 19.9 Å². The summed E-state index contributed by atoms with van der Waals surface area (Å²) < 4.78 is 0. The average molecular weight is 317 g/mol. The quantitative estimate of drug-likeness (QED) is 0.591. The highest BCUT2D eigenvalue weighted by Crippen LogP contribution is 2.35. The second kappa shape index (κ2) is 7.24. The molecule has 7 nitrogen and oxygen atoms in total. The van der Waals surface area contributed by atoms with Crippen LogP contribution in [0.1, 0.15) is 30.6 Å². The molecule has 2 N–H and O–H groups in total. The molecule has 21 heavy (non-hydrogen) atoms. The first-order chi connectivity index (χ1) is 9.79. The highest BCUT2D eigenvalue weighted by atomic mass is 35.5.